The Morgan fingerprint density at radius 3 is 2.69 bits per heavy atom. The molecule has 1 unspecified atom stereocenters. The molecule has 0 bridgehead atoms. The summed E-state index contributed by atoms with van der Waals surface area (Å²) in [5.41, 5.74) is 5.60. The average molecular weight is 227 g/mol. The van der Waals surface area contributed by atoms with Crippen LogP contribution in [0.4, 0.5) is 0 Å². The maximum Gasteiger partial charge on any atom is 0.145 e. The highest BCUT2D eigenvalue weighted by atomic mass is 16.5. The number of amidine groups is 1. The Bertz CT molecular complexity index is 266. The molecule has 0 aromatic heterocycles. The Morgan fingerprint density at radius 2 is 2.19 bits per heavy atom. The van der Waals surface area contributed by atoms with Crippen molar-refractivity contribution in [3.05, 3.63) is 0 Å². The largest absolute Gasteiger partial charge is 0.409 e. The Balaban J connectivity index is 1.90. The first-order valence-electron chi connectivity index (χ1n) is 5.95. The molecular formula is C11H21N3O2. The van der Waals surface area contributed by atoms with E-state index in [9.17, 15) is 0 Å². The molecule has 2 aliphatic heterocycles. The van der Waals surface area contributed by atoms with Crippen LogP contribution in [0.25, 0.3) is 0 Å². The van der Waals surface area contributed by atoms with Gasteiger partial charge in [0.2, 0.25) is 0 Å². The van der Waals surface area contributed by atoms with Crippen molar-refractivity contribution in [3.8, 4) is 0 Å². The van der Waals surface area contributed by atoms with E-state index in [1.165, 1.54) is 0 Å². The maximum absolute atomic E-state index is 8.76. The predicted molar refractivity (Wildman–Crippen MR) is 61.5 cm³/mol. The lowest BCUT2D eigenvalue weighted by Crippen LogP contribution is -2.49. The van der Waals surface area contributed by atoms with E-state index >= 15 is 0 Å². The molecular weight excluding hydrogens is 206 g/mol. The molecule has 0 amide bonds. The molecule has 0 aromatic rings. The van der Waals surface area contributed by atoms with E-state index in [-0.39, 0.29) is 5.41 Å². The molecule has 92 valence electrons. The number of rotatable bonds is 2. The van der Waals surface area contributed by atoms with Gasteiger partial charge >= 0.3 is 0 Å². The van der Waals surface area contributed by atoms with Crippen LogP contribution in [0.3, 0.4) is 0 Å². The monoisotopic (exact) mass is 227 g/mol. The summed E-state index contributed by atoms with van der Waals surface area (Å²) in [6.45, 7) is 5.85. The van der Waals surface area contributed by atoms with Crippen LogP contribution < -0.4 is 5.73 Å². The van der Waals surface area contributed by atoms with Gasteiger partial charge in [-0.3, -0.25) is 4.90 Å². The normalized spacial score (nSPS) is 31.8. The lowest BCUT2D eigenvalue weighted by molar-refractivity contribution is 0.0979. The van der Waals surface area contributed by atoms with E-state index in [4.69, 9.17) is 15.7 Å². The number of nitrogens with zero attached hydrogens (tertiary/aromatic N) is 2. The minimum atomic E-state index is -0.134. The van der Waals surface area contributed by atoms with Crippen molar-refractivity contribution in [3.63, 3.8) is 0 Å². The van der Waals surface area contributed by atoms with Crippen LogP contribution in [0.1, 0.15) is 26.2 Å². The van der Waals surface area contributed by atoms with Crippen LogP contribution in [0.2, 0.25) is 0 Å². The number of nitrogens with two attached hydrogens (primary N) is 1. The highest BCUT2D eigenvalue weighted by Crippen LogP contribution is 2.32. The van der Waals surface area contributed by atoms with Gasteiger partial charge in [-0.05, 0) is 32.4 Å². The standard InChI is InChI=1S/C11H21N3O2/c1-11(10(12)13-15)3-5-14(6-4-11)9-2-7-16-8-9/h9,15H,2-8H2,1H3,(H2,12,13). The average Bonchev–Trinajstić information content (AvgIpc) is 2.82. The summed E-state index contributed by atoms with van der Waals surface area (Å²) >= 11 is 0. The summed E-state index contributed by atoms with van der Waals surface area (Å²) in [5.74, 6) is 0.370. The highest BCUT2D eigenvalue weighted by Gasteiger charge is 2.36. The predicted octanol–water partition coefficient (Wildman–Crippen LogP) is 0.624. The van der Waals surface area contributed by atoms with Crippen molar-refractivity contribution in [1.29, 1.82) is 0 Å². The second kappa shape index (κ2) is 4.59. The fraction of sp³-hybridized carbons (Fsp3) is 0.909. The second-order valence-electron chi connectivity index (χ2n) is 5.10. The molecule has 2 rings (SSSR count). The van der Waals surface area contributed by atoms with E-state index in [1.54, 1.807) is 0 Å². The van der Waals surface area contributed by atoms with Crippen LogP contribution in [-0.2, 0) is 4.74 Å². The highest BCUT2D eigenvalue weighted by molar-refractivity contribution is 5.85. The Labute approximate surface area is 96.2 Å². The van der Waals surface area contributed by atoms with Gasteiger partial charge in [-0.2, -0.15) is 0 Å². The zero-order valence-corrected chi connectivity index (χ0v) is 9.85. The quantitative estimate of drug-likeness (QED) is 0.314. The van der Waals surface area contributed by atoms with Crippen molar-refractivity contribution in [1.82, 2.24) is 4.90 Å². The first kappa shape index (κ1) is 11.7. The van der Waals surface area contributed by atoms with Crippen LogP contribution >= 0.6 is 0 Å². The SMILES string of the molecule is CC1(C(N)=NO)CCN(C2CCOC2)CC1. The molecule has 16 heavy (non-hydrogen) atoms. The van der Waals surface area contributed by atoms with Gasteiger partial charge in [0.05, 0.1) is 6.61 Å². The first-order chi connectivity index (χ1) is 7.65. The van der Waals surface area contributed by atoms with E-state index in [2.05, 4.69) is 17.0 Å². The smallest absolute Gasteiger partial charge is 0.145 e. The molecule has 0 radical (unpaired) electrons. The molecule has 2 fully saturated rings. The van der Waals surface area contributed by atoms with Gasteiger partial charge < -0.3 is 15.7 Å². The van der Waals surface area contributed by atoms with Crippen LogP contribution in [0.15, 0.2) is 5.16 Å². The van der Waals surface area contributed by atoms with Crippen LogP contribution in [-0.4, -0.2) is 48.3 Å². The summed E-state index contributed by atoms with van der Waals surface area (Å²) in [6, 6.07) is 0.580. The van der Waals surface area contributed by atoms with E-state index in [0.29, 0.717) is 11.9 Å². The molecule has 5 heteroatoms. The fourth-order valence-electron chi connectivity index (χ4n) is 2.57. The van der Waals surface area contributed by atoms with Crippen LogP contribution in [0.5, 0.6) is 0 Å². The Morgan fingerprint density at radius 1 is 1.50 bits per heavy atom. The number of piperidine rings is 1. The number of likely N-dealkylation sites (tertiary alicyclic amines) is 1. The summed E-state index contributed by atoms with van der Waals surface area (Å²) in [4.78, 5) is 2.47. The molecule has 3 N–H and O–H groups in total. The summed E-state index contributed by atoms with van der Waals surface area (Å²) < 4.78 is 5.40. The van der Waals surface area contributed by atoms with Crippen molar-refractivity contribution >= 4 is 5.84 Å². The van der Waals surface area contributed by atoms with Gasteiger partial charge in [0.15, 0.2) is 0 Å². The van der Waals surface area contributed by atoms with Gasteiger partial charge in [-0.1, -0.05) is 12.1 Å². The molecule has 0 saturated carbocycles. The molecule has 2 saturated heterocycles. The van der Waals surface area contributed by atoms with Gasteiger partial charge in [0.1, 0.15) is 5.84 Å². The van der Waals surface area contributed by atoms with Gasteiger partial charge in [-0.15, -0.1) is 0 Å². The minimum absolute atomic E-state index is 0.134. The Hall–Kier alpha value is -0.810. The van der Waals surface area contributed by atoms with E-state index < -0.39 is 0 Å². The van der Waals surface area contributed by atoms with E-state index in [1.807, 2.05) is 0 Å². The molecule has 2 heterocycles. The second-order valence-corrected chi connectivity index (χ2v) is 5.10. The van der Waals surface area contributed by atoms with Gasteiger partial charge in [0, 0.05) is 18.1 Å². The number of ether oxygens (including phenoxy) is 1. The summed E-state index contributed by atoms with van der Waals surface area (Å²) in [6.07, 6.45) is 3.05. The van der Waals surface area contributed by atoms with E-state index in [0.717, 1.165) is 45.6 Å². The van der Waals surface area contributed by atoms with Gasteiger partial charge in [-0.25, -0.2) is 0 Å². The topological polar surface area (TPSA) is 71.1 Å². The number of hydrogen-bond donors (Lipinski definition) is 2. The zero-order valence-electron chi connectivity index (χ0n) is 9.85. The third-order valence-electron chi connectivity index (χ3n) is 4.05. The molecule has 0 spiro atoms. The first-order valence-corrected chi connectivity index (χ1v) is 5.95. The summed E-state index contributed by atoms with van der Waals surface area (Å²) in [7, 11) is 0. The van der Waals surface area contributed by atoms with Crippen molar-refractivity contribution in [2.45, 2.75) is 32.2 Å². The molecule has 0 aliphatic carbocycles. The van der Waals surface area contributed by atoms with Gasteiger partial charge in [0.25, 0.3) is 0 Å². The lowest BCUT2D eigenvalue weighted by atomic mass is 9.79. The maximum atomic E-state index is 8.76. The van der Waals surface area contributed by atoms with Crippen LogP contribution in [0, 0.1) is 5.41 Å². The minimum Gasteiger partial charge on any atom is -0.409 e. The third-order valence-corrected chi connectivity index (χ3v) is 4.05. The van der Waals surface area contributed by atoms with Crippen molar-refractivity contribution in [2.24, 2.45) is 16.3 Å². The molecule has 5 nitrogen and oxygen atoms in total. The number of hydrogen-bond acceptors (Lipinski definition) is 4. The molecule has 2 aliphatic rings. The third kappa shape index (κ3) is 2.15. The zero-order chi connectivity index (χ0) is 11.6. The Kier molecular flexibility index (Phi) is 3.35. The fourth-order valence-corrected chi connectivity index (χ4v) is 2.57. The van der Waals surface area contributed by atoms with Crippen molar-refractivity contribution < 1.29 is 9.94 Å². The molecule has 0 aromatic carbocycles. The van der Waals surface area contributed by atoms with Crippen molar-refractivity contribution in [2.75, 3.05) is 26.3 Å². The molecule has 1 atom stereocenters. The lowest BCUT2D eigenvalue weighted by Gasteiger charge is -2.40. The summed E-state index contributed by atoms with van der Waals surface area (Å²) in [5, 5.41) is 11.9. The number of oxime groups is 1.